The van der Waals surface area contributed by atoms with Crippen molar-refractivity contribution < 1.29 is 9.32 Å². The van der Waals surface area contributed by atoms with Gasteiger partial charge in [0.15, 0.2) is 0 Å². The molecule has 1 heterocycles. The number of carbonyl (C=O) groups is 1. The molecule has 0 radical (unpaired) electrons. The molecule has 21 heavy (non-hydrogen) atoms. The maximum Gasteiger partial charge on any atom is 0.261 e. The molecule has 2 aromatic rings. The Morgan fingerprint density at radius 3 is 2.57 bits per heavy atom. The number of aryl methyl sites for hydroxylation is 2. The molecule has 2 rings (SSSR count). The fourth-order valence-corrected chi connectivity index (χ4v) is 2.29. The summed E-state index contributed by atoms with van der Waals surface area (Å²) in [4.78, 5) is 12.6. The number of anilines is 1. The monoisotopic (exact) mass is 286 g/mol. The molecule has 0 saturated heterocycles. The van der Waals surface area contributed by atoms with Crippen LogP contribution in [-0.4, -0.2) is 11.1 Å². The maximum absolute atomic E-state index is 12.6. The molecule has 0 bridgehead atoms. The van der Waals surface area contributed by atoms with Crippen molar-refractivity contribution >= 4 is 11.6 Å². The van der Waals surface area contributed by atoms with Crippen LogP contribution in [0.5, 0.6) is 0 Å². The van der Waals surface area contributed by atoms with Gasteiger partial charge in [0.05, 0.1) is 0 Å². The Morgan fingerprint density at radius 2 is 1.95 bits per heavy atom. The van der Waals surface area contributed by atoms with Crippen molar-refractivity contribution in [2.24, 2.45) is 0 Å². The van der Waals surface area contributed by atoms with Gasteiger partial charge in [0.1, 0.15) is 17.0 Å². The molecule has 1 aromatic carbocycles. The molecule has 0 saturated carbocycles. The molecular formula is C17H22N2O2. The van der Waals surface area contributed by atoms with Crippen molar-refractivity contribution in [3.05, 3.63) is 46.8 Å². The van der Waals surface area contributed by atoms with Crippen molar-refractivity contribution in [3.63, 3.8) is 0 Å². The van der Waals surface area contributed by atoms with Crippen LogP contribution < -0.4 is 5.32 Å². The first-order chi connectivity index (χ1) is 9.84. The summed E-state index contributed by atoms with van der Waals surface area (Å²) in [6.45, 7) is 9.88. The molecule has 0 unspecified atom stereocenters. The summed E-state index contributed by atoms with van der Waals surface area (Å²) < 4.78 is 5.23. The number of benzene rings is 1. The number of rotatable bonds is 3. The smallest absolute Gasteiger partial charge is 0.261 e. The van der Waals surface area contributed by atoms with Gasteiger partial charge in [0.2, 0.25) is 0 Å². The van der Waals surface area contributed by atoms with Gasteiger partial charge >= 0.3 is 0 Å². The van der Waals surface area contributed by atoms with E-state index in [1.807, 2.05) is 45.0 Å². The molecule has 4 heteroatoms. The number of nitrogens with zero attached hydrogens (tertiary/aromatic N) is 1. The van der Waals surface area contributed by atoms with E-state index in [4.69, 9.17) is 4.52 Å². The highest BCUT2D eigenvalue weighted by atomic mass is 16.5. The molecule has 0 fully saturated rings. The van der Waals surface area contributed by atoms with Gasteiger partial charge in [0.25, 0.3) is 5.91 Å². The molecule has 1 amide bonds. The van der Waals surface area contributed by atoms with E-state index in [1.54, 1.807) is 6.92 Å². The Bertz CT molecular complexity index is 651. The molecule has 1 N–H and O–H groups in total. The number of carbonyl (C=O) groups excluding carboxylic acids is 1. The van der Waals surface area contributed by atoms with Gasteiger partial charge in [-0.1, -0.05) is 51.1 Å². The standard InChI is InChI=1S/C17H22N2O2/c1-6-12-9-7-8-10-13(12)18-16(20)14-11(2)21-19-15(14)17(3,4)5/h7-10H,6H2,1-5H3,(H,18,20). The molecule has 4 nitrogen and oxygen atoms in total. The highest BCUT2D eigenvalue weighted by Gasteiger charge is 2.29. The van der Waals surface area contributed by atoms with E-state index in [0.29, 0.717) is 17.0 Å². The van der Waals surface area contributed by atoms with Crippen LogP contribution in [0.4, 0.5) is 5.69 Å². The molecule has 1 aromatic heterocycles. The highest BCUT2D eigenvalue weighted by Crippen LogP contribution is 2.28. The van der Waals surface area contributed by atoms with Crippen molar-refractivity contribution in [3.8, 4) is 0 Å². The summed E-state index contributed by atoms with van der Waals surface area (Å²) in [7, 11) is 0. The second-order valence-corrected chi connectivity index (χ2v) is 6.18. The normalized spacial score (nSPS) is 11.5. The summed E-state index contributed by atoms with van der Waals surface area (Å²) in [6, 6.07) is 7.82. The van der Waals surface area contributed by atoms with Gasteiger partial charge in [-0.15, -0.1) is 0 Å². The Hall–Kier alpha value is -2.10. The van der Waals surface area contributed by atoms with Crippen LogP contribution in [0, 0.1) is 6.92 Å². The predicted molar refractivity (Wildman–Crippen MR) is 83.7 cm³/mol. The molecule has 0 aliphatic carbocycles. The first-order valence-corrected chi connectivity index (χ1v) is 7.20. The maximum atomic E-state index is 12.6. The number of amides is 1. The minimum absolute atomic E-state index is 0.167. The van der Waals surface area contributed by atoms with Crippen LogP contribution in [0.2, 0.25) is 0 Å². The number of nitrogens with one attached hydrogen (secondary N) is 1. The third kappa shape index (κ3) is 3.15. The van der Waals surface area contributed by atoms with Crippen LogP contribution in [0.15, 0.2) is 28.8 Å². The molecular weight excluding hydrogens is 264 g/mol. The molecule has 0 aliphatic heterocycles. The average Bonchev–Trinajstić information content (AvgIpc) is 2.81. The summed E-state index contributed by atoms with van der Waals surface area (Å²) in [5.41, 5.74) is 2.93. The van der Waals surface area contributed by atoms with Crippen molar-refractivity contribution in [1.29, 1.82) is 0 Å². The summed E-state index contributed by atoms with van der Waals surface area (Å²) in [5, 5.41) is 7.03. The van der Waals surface area contributed by atoms with Crippen LogP contribution in [0.1, 0.15) is 55.1 Å². The van der Waals surface area contributed by atoms with Gasteiger partial charge in [-0.2, -0.15) is 0 Å². The Labute approximate surface area is 125 Å². The SMILES string of the molecule is CCc1ccccc1NC(=O)c1c(C(C)(C)C)noc1C. The lowest BCUT2D eigenvalue weighted by molar-refractivity contribution is 0.102. The van der Waals surface area contributed by atoms with Crippen molar-refractivity contribution in [1.82, 2.24) is 5.16 Å². The molecule has 0 aliphatic rings. The van der Waals surface area contributed by atoms with Crippen molar-refractivity contribution in [2.75, 3.05) is 5.32 Å². The van der Waals surface area contributed by atoms with Crippen LogP contribution >= 0.6 is 0 Å². The van der Waals surface area contributed by atoms with Gasteiger partial charge in [-0.3, -0.25) is 4.79 Å². The number of para-hydroxylation sites is 1. The van der Waals surface area contributed by atoms with Crippen LogP contribution in [-0.2, 0) is 11.8 Å². The topological polar surface area (TPSA) is 55.1 Å². The summed E-state index contributed by atoms with van der Waals surface area (Å²) in [6.07, 6.45) is 0.866. The lowest BCUT2D eigenvalue weighted by atomic mass is 9.88. The van der Waals surface area contributed by atoms with E-state index in [2.05, 4.69) is 17.4 Å². The second-order valence-electron chi connectivity index (χ2n) is 6.18. The van der Waals surface area contributed by atoms with E-state index in [-0.39, 0.29) is 11.3 Å². The summed E-state index contributed by atoms with van der Waals surface area (Å²) in [5.74, 6) is 0.381. The first kappa shape index (κ1) is 15.3. The fraction of sp³-hybridized carbons (Fsp3) is 0.412. The summed E-state index contributed by atoms with van der Waals surface area (Å²) >= 11 is 0. The minimum Gasteiger partial charge on any atom is -0.361 e. The van der Waals surface area contributed by atoms with Gasteiger partial charge < -0.3 is 9.84 Å². The first-order valence-electron chi connectivity index (χ1n) is 7.20. The fourth-order valence-electron chi connectivity index (χ4n) is 2.29. The zero-order chi connectivity index (χ0) is 15.6. The highest BCUT2D eigenvalue weighted by molar-refractivity contribution is 6.06. The minimum atomic E-state index is -0.241. The van der Waals surface area contributed by atoms with E-state index < -0.39 is 0 Å². The second kappa shape index (κ2) is 5.72. The third-order valence-corrected chi connectivity index (χ3v) is 3.45. The average molecular weight is 286 g/mol. The van der Waals surface area contributed by atoms with Crippen molar-refractivity contribution in [2.45, 2.75) is 46.5 Å². The zero-order valence-corrected chi connectivity index (χ0v) is 13.3. The predicted octanol–water partition coefficient (Wildman–Crippen LogP) is 4.10. The quantitative estimate of drug-likeness (QED) is 0.924. The van der Waals surface area contributed by atoms with E-state index in [1.165, 1.54) is 0 Å². The largest absolute Gasteiger partial charge is 0.361 e. The third-order valence-electron chi connectivity index (χ3n) is 3.45. The number of hydrogen-bond acceptors (Lipinski definition) is 3. The van der Waals surface area contributed by atoms with E-state index in [9.17, 15) is 4.79 Å². The molecule has 112 valence electrons. The Balaban J connectivity index is 2.36. The number of hydrogen-bond donors (Lipinski definition) is 1. The van der Waals surface area contributed by atoms with Gasteiger partial charge in [-0.05, 0) is 25.0 Å². The Kier molecular flexibility index (Phi) is 4.16. The number of aromatic nitrogens is 1. The lowest BCUT2D eigenvalue weighted by Crippen LogP contribution is -2.21. The van der Waals surface area contributed by atoms with Crippen LogP contribution in [0.25, 0.3) is 0 Å². The lowest BCUT2D eigenvalue weighted by Gasteiger charge is -2.17. The van der Waals surface area contributed by atoms with E-state index >= 15 is 0 Å². The Morgan fingerprint density at radius 1 is 1.29 bits per heavy atom. The van der Waals surface area contributed by atoms with E-state index in [0.717, 1.165) is 17.7 Å². The van der Waals surface area contributed by atoms with Gasteiger partial charge in [0, 0.05) is 11.1 Å². The molecule has 0 atom stereocenters. The van der Waals surface area contributed by atoms with Gasteiger partial charge in [-0.25, -0.2) is 0 Å². The van der Waals surface area contributed by atoms with Crippen LogP contribution in [0.3, 0.4) is 0 Å². The zero-order valence-electron chi connectivity index (χ0n) is 13.3. The molecule has 0 spiro atoms.